The predicted octanol–water partition coefficient (Wildman–Crippen LogP) is 2.42. The van der Waals surface area contributed by atoms with Gasteiger partial charge in [-0.05, 0) is 30.2 Å². The fraction of sp³-hybridized carbons (Fsp3) is 0.375. The van der Waals surface area contributed by atoms with Crippen molar-refractivity contribution in [3.8, 4) is 0 Å². The summed E-state index contributed by atoms with van der Waals surface area (Å²) in [5, 5.41) is -0.342. The van der Waals surface area contributed by atoms with Crippen molar-refractivity contribution >= 4 is 39.4 Å². The van der Waals surface area contributed by atoms with Crippen LogP contribution in [0.5, 0.6) is 0 Å². The summed E-state index contributed by atoms with van der Waals surface area (Å²) < 4.78 is 4.40. The summed E-state index contributed by atoms with van der Waals surface area (Å²) in [5.74, 6) is 0.778. The first-order valence-corrected chi connectivity index (χ1v) is 4.86. The van der Waals surface area contributed by atoms with Gasteiger partial charge in [0.05, 0.1) is 7.11 Å². The second-order valence-electron chi connectivity index (χ2n) is 2.48. The number of allylic oxidation sites excluding steroid dienone is 3. The van der Waals surface area contributed by atoms with E-state index >= 15 is 0 Å². The topological polar surface area (TPSA) is 26.3 Å². The van der Waals surface area contributed by atoms with Crippen molar-refractivity contribution in [2.75, 3.05) is 7.11 Å². The van der Waals surface area contributed by atoms with Crippen LogP contribution in [0, 0.1) is 0 Å². The van der Waals surface area contributed by atoms with Crippen LogP contribution in [0.3, 0.4) is 0 Å². The molecule has 0 aromatic rings. The van der Waals surface area contributed by atoms with E-state index < -0.39 is 3.42 Å². The summed E-state index contributed by atoms with van der Waals surface area (Å²) in [6, 6.07) is 0. The van der Waals surface area contributed by atoms with Crippen molar-refractivity contribution in [2.45, 2.75) is 9.84 Å². The molecule has 4 heteroatoms. The Morgan fingerprint density at radius 3 is 2.83 bits per heavy atom. The van der Waals surface area contributed by atoms with Gasteiger partial charge in [0.25, 0.3) is 0 Å². The largest absolute Gasteiger partial charge is 0.497 e. The van der Waals surface area contributed by atoms with E-state index in [4.69, 9.17) is 16.3 Å². The third-order valence-electron chi connectivity index (χ3n) is 1.67. The number of ether oxygens (including phenoxy) is 1. The number of alkyl halides is 1. The van der Waals surface area contributed by atoms with E-state index in [-0.39, 0.29) is 5.24 Å². The van der Waals surface area contributed by atoms with Crippen LogP contribution in [-0.4, -0.2) is 15.8 Å². The Bertz CT molecular complexity index is 260. The zero-order chi connectivity index (χ0) is 9.19. The van der Waals surface area contributed by atoms with Gasteiger partial charge in [0.1, 0.15) is 9.18 Å². The van der Waals surface area contributed by atoms with E-state index in [9.17, 15) is 4.79 Å². The van der Waals surface area contributed by atoms with Gasteiger partial charge in [-0.15, -0.1) is 0 Å². The Morgan fingerprint density at radius 2 is 2.50 bits per heavy atom. The number of carbonyl (C=O) groups is 1. The fourth-order valence-corrected chi connectivity index (χ4v) is 1.44. The zero-order valence-electron chi connectivity index (χ0n) is 6.51. The van der Waals surface area contributed by atoms with E-state index in [2.05, 4.69) is 0 Å². The second-order valence-corrected chi connectivity index (χ2v) is 4.75. The lowest BCUT2D eigenvalue weighted by Gasteiger charge is -2.20. The molecule has 0 saturated heterocycles. The molecule has 0 aliphatic heterocycles. The monoisotopic (exact) mass is 298 g/mol. The minimum atomic E-state index is -0.582. The summed E-state index contributed by atoms with van der Waals surface area (Å²) in [6.07, 6.45) is 5.97. The Balaban J connectivity index is 2.76. The lowest BCUT2D eigenvalue weighted by Crippen LogP contribution is -2.26. The number of rotatable bonds is 2. The molecule has 0 aromatic carbocycles. The van der Waals surface area contributed by atoms with Gasteiger partial charge < -0.3 is 4.74 Å². The summed E-state index contributed by atoms with van der Waals surface area (Å²) >= 11 is 7.46. The minimum absolute atomic E-state index is 0.342. The molecule has 1 aliphatic rings. The smallest absolute Gasteiger partial charge is 0.241 e. The van der Waals surface area contributed by atoms with Crippen LogP contribution < -0.4 is 0 Å². The average Bonchev–Trinajstić information content (AvgIpc) is 2.06. The van der Waals surface area contributed by atoms with Gasteiger partial charge in [0, 0.05) is 0 Å². The predicted molar refractivity (Wildman–Crippen MR) is 56.5 cm³/mol. The molecule has 0 fully saturated rings. The average molecular weight is 299 g/mol. The summed E-state index contributed by atoms with van der Waals surface area (Å²) in [4.78, 5) is 11.0. The Labute approximate surface area is 89.7 Å². The van der Waals surface area contributed by atoms with Gasteiger partial charge in [0.2, 0.25) is 5.24 Å². The van der Waals surface area contributed by atoms with Crippen molar-refractivity contribution in [1.29, 1.82) is 0 Å². The molecule has 0 heterocycles. The van der Waals surface area contributed by atoms with Gasteiger partial charge in [-0.1, -0.05) is 28.7 Å². The number of hydrogen-bond donors (Lipinski definition) is 0. The van der Waals surface area contributed by atoms with Gasteiger partial charge >= 0.3 is 0 Å². The first-order valence-electron chi connectivity index (χ1n) is 3.41. The van der Waals surface area contributed by atoms with E-state index in [0.29, 0.717) is 6.42 Å². The Hall–Kier alpha value is -0.0300. The molecule has 1 unspecified atom stereocenters. The van der Waals surface area contributed by atoms with Crippen LogP contribution in [0.4, 0.5) is 0 Å². The molecule has 0 bridgehead atoms. The molecule has 66 valence electrons. The SMILES string of the molecule is COC1=CCC(I)(C(=O)Cl)C=C1. The first kappa shape index (κ1) is 10.1. The summed E-state index contributed by atoms with van der Waals surface area (Å²) in [7, 11) is 1.60. The number of hydrogen-bond acceptors (Lipinski definition) is 2. The highest BCUT2D eigenvalue weighted by molar-refractivity contribution is 14.1. The van der Waals surface area contributed by atoms with Gasteiger partial charge in [-0.25, -0.2) is 0 Å². The molecule has 1 atom stereocenters. The standard InChI is InChI=1S/C8H8ClIO2/c1-12-6-2-4-8(10,5-3-6)7(9)11/h2-4H,5H2,1H3. The molecule has 0 radical (unpaired) electrons. The lowest BCUT2D eigenvalue weighted by molar-refractivity contribution is -0.112. The van der Waals surface area contributed by atoms with Gasteiger partial charge in [0.15, 0.2) is 0 Å². The van der Waals surface area contributed by atoms with Crippen LogP contribution in [0.1, 0.15) is 6.42 Å². The molecule has 0 spiro atoms. The molecule has 1 aliphatic carbocycles. The highest BCUT2D eigenvalue weighted by Gasteiger charge is 2.31. The van der Waals surface area contributed by atoms with Crippen molar-refractivity contribution in [3.63, 3.8) is 0 Å². The van der Waals surface area contributed by atoms with Gasteiger partial charge in [-0.3, -0.25) is 4.79 Å². The zero-order valence-corrected chi connectivity index (χ0v) is 9.43. The van der Waals surface area contributed by atoms with Gasteiger partial charge in [-0.2, -0.15) is 0 Å². The molecule has 1 rings (SSSR count). The van der Waals surface area contributed by atoms with E-state index in [1.54, 1.807) is 19.3 Å². The maximum atomic E-state index is 11.0. The van der Waals surface area contributed by atoms with Crippen molar-refractivity contribution in [3.05, 3.63) is 24.0 Å². The number of methoxy groups -OCH3 is 1. The quantitative estimate of drug-likeness (QED) is 0.444. The Morgan fingerprint density at radius 1 is 1.83 bits per heavy atom. The van der Waals surface area contributed by atoms with Crippen LogP contribution in [0.15, 0.2) is 24.0 Å². The van der Waals surface area contributed by atoms with Crippen LogP contribution in [0.25, 0.3) is 0 Å². The molecule has 0 saturated carbocycles. The highest BCUT2D eigenvalue weighted by atomic mass is 127. The molecular formula is C8H8ClIO2. The van der Waals surface area contributed by atoms with Crippen LogP contribution in [0.2, 0.25) is 0 Å². The molecular weight excluding hydrogens is 290 g/mol. The second kappa shape index (κ2) is 3.79. The van der Waals surface area contributed by atoms with Crippen molar-refractivity contribution in [2.24, 2.45) is 0 Å². The molecule has 0 aromatic heterocycles. The number of halogens is 2. The Kier molecular flexibility index (Phi) is 3.17. The summed E-state index contributed by atoms with van der Waals surface area (Å²) in [5.41, 5.74) is 0. The molecule has 12 heavy (non-hydrogen) atoms. The maximum absolute atomic E-state index is 11.0. The normalized spacial score (nSPS) is 28.1. The third kappa shape index (κ3) is 2.01. The lowest BCUT2D eigenvalue weighted by atomic mass is 10.0. The fourth-order valence-electron chi connectivity index (χ4n) is 0.897. The molecule has 0 N–H and O–H groups in total. The van der Waals surface area contributed by atoms with E-state index in [1.165, 1.54) is 0 Å². The highest BCUT2D eigenvalue weighted by Crippen LogP contribution is 2.32. The summed E-state index contributed by atoms with van der Waals surface area (Å²) in [6.45, 7) is 0. The third-order valence-corrected chi connectivity index (χ3v) is 3.62. The first-order chi connectivity index (χ1) is 5.58. The van der Waals surface area contributed by atoms with Crippen molar-refractivity contribution in [1.82, 2.24) is 0 Å². The van der Waals surface area contributed by atoms with Crippen LogP contribution >= 0.6 is 34.2 Å². The maximum Gasteiger partial charge on any atom is 0.241 e. The molecule has 2 nitrogen and oxygen atoms in total. The van der Waals surface area contributed by atoms with Crippen molar-refractivity contribution < 1.29 is 9.53 Å². The number of carbonyl (C=O) groups excluding carboxylic acids is 1. The van der Waals surface area contributed by atoms with Crippen LogP contribution in [-0.2, 0) is 9.53 Å². The minimum Gasteiger partial charge on any atom is -0.497 e. The van der Waals surface area contributed by atoms with E-state index in [1.807, 2.05) is 28.7 Å². The molecule has 0 amide bonds. The van der Waals surface area contributed by atoms with E-state index in [0.717, 1.165) is 5.76 Å².